The molecule has 5 atom stereocenters. The molecule has 0 fully saturated rings. The molecule has 0 amide bonds. The molecular formula is C126H136BrCl2NO11S8. The molecule has 23 heteroatoms. The zero-order chi connectivity index (χ0) is 107. The van der Waals surface area contributed by atoms with Gasteiger partial charge in [-0.1, -0.05) is 205 Å². The highest BCUT2D eigenvalue weighted by atomic mass is 79.9. The predicted octanol–water partition coefficient (Wildman–Crippen LogP) is 34.1. The van der Waals surface area contributed by atoms with Crippen LogP contribution in [0, 0.1) is 55.4 Å². The molecular weight excluding hydrogens is 2110 g/mol. The highest BCUT2D eigenvalue weighted by Crippen LogP contribution is 2.40. The molecule has 1 aliphatic heterocycles. The molecule has 0 aromatic heterocycles. The van der Waals surface area contributed by atoms with Crippen LogP contribution in [0.4, 0.5) is 0 Å². The van der Waals surface area contributed by atoms with Crippen molar-refractivity contribution >= 4 is 150 Å². The van der Waals surface area contributed by atoms with E-state index in [1.807, 2.05) is 147 Å². The Morgan fingerprint density at radius 1 is 0.329 bits per heavy atom. The minimum absolute atomic E-state index is 0.143. The summed E-state index contributed by atoms with van der Waals surface area (Å²) in [7, 11) is 1.32. The van der Waals surface area contributed by atoms with Gasteiger partial charge < -0.3 is 38.3 Å². The van der Waals surface area contributed by atoms with Gasteiger partial charge in [-0.2, -0.15) is 0 Å². The highest BCUT2D eigenvalue weighted by molar-refractivity contribution is 9.10. The number of halogens is 3. The first kappa shape index (κ1) is 121. The molecule has 12 nitrogen and oxygen atoms in total. The summed E-state index contributed by atoms with van der Waals surface area (Å²) in [4.78, 5) is 17.9. The molecule has 16 aromatic rings. The van der Waals surface area contributed by atoms with Crippen LogP contribution in [0.1, 0.15) is 70.2 Å². The van der Waals surface area contributed by atoms with Crippen molar-refractivity contribution in [3.8, 4) is 46.0 Å². The van der Waals surface area contributed by atoms with Crippen LogP contribution in [-0.2, 0) is 20.6 Å². The topological polar surface area (TPSA) is 139 Å². The van der Waals surface area contributed by atoms with E-state index in [0.717, 1.165) is 103 Å². The fourth-order valence-corrected chi connectivity index (χ4v) is 22.1. The van der Waals surface area contributed by atoms with Gasteiger partial charge in [0.2, 0.25) is 9.84 Å². The average Bonchev–Trinajstić information content (AvgIpc) is 0.799. The van der Waals surface area contributed by atoms with E-state index in [-0.39, 0.29) is 46.8 Å². The summed E-state index contributed by atoms with van der Waals surface area (Å²) in [6.45, 7) is 22.0. The number of phenolic OH excluding ortho intramolecular Hbond substituents is 1. The molecule has 0 aliphatic carbocycles. The van der Waals surface area contributed by atoms with Gasteiger partial charge in [-0.25, -0.2) is 12.6 Å². The number of aryl methyl sites for hydroxylation is 8. The van der Waals surface area contributed by atoms with Gasteiger partial charge in [0.25, 0.3) is 0 Å². The smallest absolute Gasteiger partial charge is 0.206 e. The fourth-order valence-electron chi connectivity index (χ4n) is 13.5. The number of hydrogen-bond donors (Lipinski definition) is 2. The predicted molar refractivity (Wildman–Crippen MR) is 645 cm³/mol. The maximum absolute atomic E-state index is 12.3. The first-order chi connectivity index (χ1) is 71.9. The van der Waals surface area contributed by atoms with Crippen molar-refractivity contribution in [2.24, 2.45) is 0 Å². The van der Waals surface area contributed by atoms with Crippen LogP contribution in [0.3, 0.4) is 0 Å². The lowest BCUT2D eigenvalue weighted by molar-refractivity contribution is 0.247. The molecule has 0 saturated heterocycles. The lowest BCUT2D eigenvalue weighted by atomic mass is 10.2. The fraction of sp³-hybridized carbons (Fsp3) is 0.190. The number of aromatic hydroxyl groups is 1. The third-order valence-corrected chi connectivity index (χ3v) is 34.7. The highest BCUT2D eigenvalue weighted by Gasteiger charge is 2.18. The summed E-state index contributed by atoms with van der Waals surface area (Å²) in [6, 6.07) is 127. The van der Waals surface area contributed by atoms with E-state index in [1.165, 1.54) is 96.0 Å². The van der Waals surface area contributed by atoms with Gasteiger partial charge in [0.1, 0.15) is 46.0 Å². The Bertz CT molecular complexity index is 6710. The molecule has 0 radical (unpaired) electrons. The standard InChI is InChI=1S/C22H27NOS.2C17H19ClOS.C14H14O3S.C14H14O2S.2C14H14OS.C7H7Br.C7H8OS/c1-19-7-11-21(12-8-19)25(2)22-13-9-20(10-14-22)24-18-6-17-23-15-4-3-5-16-23;2*1-14-4-8-16(9-5-14)20(2)17-10-6-15(7-11-17)19-13-3-12-18;1-11-3-7-13(8-4-11)18(15,16)14-9-5-12(17-2)6-10-14;1-11-3-7-13(8-4-11)17(15)14-9-5-12(16-2)6-10-14;1-11-3-7-13(8-4-11)16(2)14-9-5-12(15)6-10-14;1-11-3-7-13(8-4-11)16-14-9-5-12(15-2)6-10-14;1-6-2-4-7(8)5-3-6;1-8-6-2-4-7(9)5-3-6/h3-4,7-14H,2,5-6,15-18H2,1H3;2*4-11H,2-3,12-13H2,1H3;3-10H,1-2H3;3-10H,1-2H3;3-10,15H,2H2,1H3;3-10H,1-2H3;2-5H,1H3;2-5,9H,1H3. The van der Waals surface area contributed by atoms with Gasteiger partial charge in [-0.05, 0) is 372 Å². The van der Waals surface area contributed by atoms with Crippen molar-refractivity contribution in [1.82, 2.24) is 4.90 Å². The Labute approximate surface area is 926 Å². The van der Waals surface area contributed by atoms with Crippen molar-refractivity contribution in [3.63, 3.8) is 0 Å². The SMILES string of the molecule is C=S(c1ccc(C)cc1)c1ccc(O)cc1.C=S(c1ccc(C)cc1)c1ccc(OCCCCl)cc1.C=S(c1ccc(C)cc1)c1ccc(OCCCCl)cc1.C=S(c1ccc(C)cc1)c1ccc(OCCCN2CC=CCC2)cc1.COc1ccc(S(=O)(=O)c2ccc(C)cc2)cc1.COc1ccc(S(=O)c2ccc(C)cc2)cc1.COc1ccc(S)cc1.COc1ccc(Sc2ccc(C)cc2)cc1.Cc1ccc(Br)cc1. The zero-order valence-corrected chi connectivity index (χ0v) is 96.5. The molecule has 1 N–H and O–H groups in total. The number of sulfone groups is 1. The minimum Gasteiger partial charge on any atom is -0.508 e. The number of thiol groups is 1. The molecule has 1 heterocycles. The minimum atomic E-state index is -3.44. The van der Waals surface area contributed by atoms with Crippen LogP contribution in [0.5, 0.6) is 46.0 Å². The van der Waals surface area contributed by atoms with E-state index in [0.29, 0.717) is 41.4 Å². The van der Waals surface area contributed by atoms with Gasteiger partial charge in [-0.3, -0.25) is 4.90 Å². The second-order valence-electron chi connectivity index (χ2n) is 34.1. The summed E-state index contributed by atoms with van der Waals surface area (Å²) >= 11 is 20.5. The summed E-state index contributed by atoms with van der Waals surface area (Å²) in [6.07, 6.45) is 8.50. The molecule has 16 aromatic carbocycles. The lowest BCUT2D eigenvalue weighted by Crippen LogP contribution is -2.29. The van der Waals surface area contributed by atoms with Crippen molar-refractivity contribution < 1.29 is 50.9 Å². The van der Waals surface area contributed by atoms with Crippen LogP contribution in [0.25, 0.3) is 0 Å². The molecule has 0 saturated carbocycles. The van der Waals surface area contributed by atoms with Gasteiger partial charge >= 0.3 is 0 Å². The zero-order valence-electron chi connectivity index (χ0n) is 86.8. The third kappa shape index (κ3) is 43.7. The third-order valence-electron chi connectivity index (χ3n) is 22.4. The molecule has 0 spiro atoms. The van der Waals surface area contributed by atoms with E-state index in [4.69, 9.17) is 56.4 Å². The molecule has 780 valence electrons. The maximum atomic E-state index is 12.3. The van der Waals surface area contributed by atoms with Crippen LogP contribution in [-0.4, -0.2) is 126 Å². The Balaban J connectivity index is 0.000000189. The van der Waals surface area contributed by atoms with E-state index in [9.17, 15) is 17.7 Å². The summed E-state index contributed by atoms with van der Waals surface area (Å²) < 4.78 is 75.2. The number of rotatable bonds is 31. The van der Waals surface area contributed by atoms with E-state index in [1.54, 1.807) is 101 Å². The Morgan fingerprint density at radius 2 is 0.564 bits per heavy atom. The second-order valence-corrected chi connectivity index (χ2v) is 47.8. The number of alkyl halides is 2. The average molecular weight is 2250 g/mol. The number of ether oxygens (including phenoxy) is 7. The number of nitrogens with zero attached hydrogens (tertiary/aromatic N) is 1. The van der Waals surface area contributed by atoms with Gasteiger partial charge in [0, 0.05) is 99.5 Å². The summed E-state index contributed by atoms with van der Waals surface area (Å²) in [5.41, 5.74) is 9.87. The Kier molecular flexibility index (Phi) is 53.7. The van der Waals surface area contributed by atoms with Crippen LogP contribution in [0.15, 0.2) is 478 Å². The summed E-state index contributed by atoms with van der Waals surface area (Å²) in [5, 5.41) is 9.23. The first-order valence-electron chi connectivity index (χ1n) is 48.4. The molecule has 17 rings (SSSR count). The number of hydrogen-bond acceptors (Lipinski definition) is 14. The number of methoxy groups -OCH3 is 4. The van der Waals surface area contributed by atoms with Gasteiger partial charge in [0.05, 0.1) is 68.9 Å². The van der Waals surface area contributed by atoms with Crippen molar-refractivity contribution in [3.05, 3.63) is 449 Å². The molecule has 149 heavy (non-hydrogen) atoms. The molecule has 5 unspecified atom stereocenters. The Hall–Kier alpha value is -11.6. The van der Waals surface area contributed by atoms with Gasteiger partial charge in [-0.15, -0.1) is 77.8 Å². The van der Waals surface area contributed by atoms with E-state index < -0.39 is 20.6 Å². The van der Waals surface area contributed by atoms with E-state index in [2.05, 4.69) is 305 Å². The van der Waals surface area contributed by atoms with Gasteiger partial charge in [0.15, 0.2) is 0 Å². The van der Waals surface area contributed by atoms with E-state index >= 15 is 0 Å². The maximum Gasteiger partial charge on any atom is 0.206 e. The molecule has 0 bridgehead atoms. The lowest BCUT2D eigenvalue weighted by Gasteiger charge is -2.22. The quantitative estimate of drug-likeness (QED) is 0.0140. The summed E-state index contributed by atoms with van der Waals surface area (Å²) in [5.74, 6) is 24.6. The van der Waals surface area contributed by atoms with Crippen molar-refractivity contribution in [2.75, 3.05) is 79.7 Å². The largest absolute Gasteiger partial charge is 0.508 e. The van der Waals surface area contributed by atoms with Crippen LogP contribution < -0.4 is 33.2 Å². The normalized spacial score (nSPS) is 12.1. The van der Waals surface area contributed by atoms with Crippen molar-refractivity contribution in [1.29, 1.82) is 0 Å². The van der Waals surface area contributed by atoms with Crippen LogP contribution in [0.2, 0.25) is 0 Å². The number of benzene rings is 16. The van der Waals surface area contributed by atoms with Crippen molar-refractivity contribution in [2.45, 2.75) is 155 Å². The van der Waals surface area contributed by atoms with Crippen LogP contribution >= 0.6 is 105 Å². The second kappa shape index (κ2) is 66.1. The monoisotopic (exact) mass is 2240 g/mol. The molecule has 1 aliphatic rings. The first-order valence-corrected chi connectivity index (χ1v) is 59.7. The Morgan fingerprint density at radius 3 is 0.859 bits per heavy atom. The number of phenols is 1.